The van der Waals surface area contributed by atoms with E-state index in [2.05, 4.69) is 20.8 Å². The quantitative estimate of drug-likeness (QED) is 0.166. The van der Waals surface area contributed by atoms with Crippen molar-refractivity contribution >= 4 is 19.9 Å². The molecule has 0 N–H and O–H groups in total. The lowest BCUT2D eigenvalue weighted by Gasteiger charge is -2.30. The zero-order valence-corrected chi connectivity index (χ0v) is 20.2. The molecule has 26 heavy (non-hydrogen) atoms. The van der Waals surface area contributed by atoms with Gasteiger partial charge in [-0.2, -0.15) is 9.24 Å². The van der Waals surface area contributed by atoms with Crippen LogP contribution in [0.25, 0.3) is 0 Å². The summed E-state index contributed by atoms with van der Waals surface area (Å²) >= 11 is 0. The molecule has 0 heterocycles. The largest absolute Gasteiger partial charge is 0.164 e. The van der Waals surface area contributed by atoms with E-state index in [0.717, 1.165) is 0 Å². The Hall–Kier alpha value is 0.640. The molecule has 0 saturated heterocycles. The molecule has 160 valence electrons. The Morgan fingerprint density at radius 2 is 0.692 bits per heavy atom. The second-order valence-electron chi connectivity index (χ2n) is 8.23. The minimum Gasteiger partial charge on any atom is -0.164 e. The molecular formula is C24H51ClS. The first kappa shape index (κ1) is 26.6. The predicted molar refractivity (Wildman–Crippen MR) is 128 cm³/mol. The molecule has 0 saturated carbocycles. The SMILES string of the molecule is CCCCCCCCCCCCCCCCCCCCS(Cl)(CC)CC. The van der Waals surface area contributed by atoms with Crippen LogP contribution in [-0.4, -0.2) is 17.3 Å². The monoisotopic (exact) mass is 406 g/mol. The normalized spacial score (nSPS) is 12.6. The van der Waals surface area contributed by atoms with Gasteiger partial charge in [0, 0.05) is 0 Å². The molecule has 0 fully saturated rings. The van der Waals surface area contributed by atoms with Gasteiger partial charge in [-0.25, -0.2) is 0 Å². The third kappa shape index (κ3) is 18.0. The second kappa shape index (κ2) is 20.4. The van der Waals surface area contributed by atoms with Crippen LogP contribution in [0.4, 0.5) is 0 Å². The fraction of sp³-hybridized carbons (Fsp3) is 1.00. The van der Waals surface area contributed by atoms with Crippen LogP contribution in [0.15, 0.2) is 0 Å². The Labute approximate surface area is 173 Å². The summed E-state index contributed by atoms with van der Waals surface area (Å²) in [6, 6.07) is 0. The van der Waals surface area contributed by atoms with Gasteiger partial charge in [0.25, 0.3) is 0 Å². The first-order chi connectivity index (χ1) is 12.7. The number of hydrogen-bond donors (Lipinski definition) is 0. The minimum atomic E-state index is -0.765. The highest BCUT2D eigenvalue weighted by Crippen LogP contribution is 2.53. The maximum atomic E-state index is 6.67. The standard InChI is InChI=1S/C24H51ClS/c1-4-7-8-9-10-11-12-13-14-15-16-17-18-19-20-21-22-23-24-26(25,5-2)6-3/h4-24H2,1-3H3. The average Bonchev–Trinajstić information content (AvgIpc) is 2.66. The molecule has 0 radical (unpaired) electrons. The Morgan fingerprint density at radius 1 is 0.423 bits per heavy atom. The van der Waals surface area contributed by atoms with Gasteiger partial charge < -0.3 is 0 Å². The van der Waals surface area contributed by atoms with E-state index >= 15 is 0 Å². The van der Waals surface area contributed by atoms with Crippen molar-refractivity contribution in [2.45, 2.75) is 136 Å². The van der Waals surface area contributed by atoms with Crippen LogP contribution >= 0.6 is 19.9 Å². The summed E-state index contributed by atoms with van der Waals surface area (Å²) in [6.45, 7) is 6.83. The molecule has 0 atom stereocenters. The fourth-order valence-electron chi connectivity index (χ4n) is 3.76. The molecule has 0 bridgehead atoms. The summed E-state index contributed by atoms with van der Waals surface area (Å²) in [6.07, 6.45) is 26.1. The molecule has 0 unspecified atom stereocenters. The van der Waals surface area contributed by atoms with Crippen LogP contribution in [0, 0.1) is 0 Å². The van der Waals surface area contributed by atoms with E-state index in [1.807, 2.05) is 0 Å². The van der Waals surface area contributed by atoms with E-state index in [4.69, 9.17) is 10.7 Å². The van der Waals surface area contributed by atoms with E-state index in [-0.39, 0.29) is 0 Å². The Bertz CT molecular complexity index is 263. The maximum Gasteiger partial charge on any atom is -0.0101 e. The van der Waals surface area contributed by atoms with Crippen molar-refractivity contribution in [3.8, 4) is 0 Å². The van der Waals surface area contributed by atoms with E-state index < -0.39 is 9.24 Å². The van der Waals surface area contributed by atoms with Crippen LogP contribution in [0.3, 0.4) is 0 Å². The van der Waals surface area contributed by atoms with E-state index in [9.17, 15) is 0 Å². The summed E-state index contributed by atoms with van der Waals surface area (Å²) in [7, 11) is 5.90. The van der Waals surface area contributed by atoms with Crippen molar-refractivity contribution < 1.29 is 0 Å². The lowest BCUT2D eigenvalue weighted by atomic mass is 10.0. The molecule has 0 spiro atoms. The van der Waals surface area contributed by atoms with Crippen molar-refractivity contribution in [3.05, 3.63) is 0 Å². The lowest BCUT2D eigenvalue weighted by molar-refractivity contribution is 0.526. The highest BCUT2D eigenvalue weighted by atomic mass is 35.7. The molecular weight excluding hydrogens is 356 g/mol. The van der Waals surface area contributed by atoms with Crippen molar-refractivity contribution in [1.29, 1.82) is 0 Å². The molecule has 0 aliphatic carbocycles. The third-order valence-corrected chi connectivity index (χ3v) is 10.8. The van der Waals surface area contributed by atoms with Gasteiger partial charge >= 0.3 is 0 Å². The zero-order chi connectivity index (χ0) is 19.3. The van der Waals surface area contributed by atoms with Crippen molar-refractivity contribution in [2.24, 2.45) is 0 Å². The van der Waals surface area contributed by atoms with Gasteiger partial charge in [-0.15, -0.1) is 0 Å². The van der Waals surface area contributed by atoms with Crippen LogP contribution < -0.4 is 0 Å². The molecule has 0 aromatic heterocycles. The summed E-state index contributed by atoms with van der Waals surface area (Å²) in [5, 5.41) is 0. The fourth-order valence-corrected chi connectivity index (χ4v) is 5.79. The van der Waals surface area contributed by atoms with Gasteiger partial charge in [0.1, 0.15) is 0 Å². The van der Waals surface area contributed by atoms with Gasteiger partial charge in [0.05, 0.1) is 0 Å². The maximum absolute atomic E-state index is 6.67. The second-order valence-corrected chi connectivity index (χ2v) is 13.6. The summed E-state index contributed by atoms with van der Waals surface area (Å²) in [5.41, 5.74) is 0. The van der Waals surface area contributed by atoms with Crippen LogP contribution in [0.1, 0.15) is 136 Å². The number of rotatable bonds is 21. The van der Waals surface area contributed by atoms with E-state index in [1.54, 1.807) is 0 Å². The van der Waals surface area contributed by atoms with Gasteiger partial charge in [-0.05, 0) is 23.7 Å². The smallest absolute Gasteiger partial charge is 0.0101 e. The van der Waals surface area contributed by atoms with Gasteiger partial charge in [0.2, 0.25) is 0 Å². The molecule has 0 aliphatic heterocycles. The van der Waals surface area contributed by atoms with Crippen LogP contribution in [0.5, 0.6) is 0 Å². The Balaban J connectivity index is 3.11. The minimum absolute atomic E-state index is 0.765. The summed E-state index contributed by atoms with van der Waals surface area (Å²) < 4.78 is 0. The van der Waals surface area contributed by atoms with Crippen molar-refractivity contribution in [3.63, 3.8) is 0 Å². The molecule has 0 rings (SSSR count). The summed E-state index contributed by atoms with van der Waals surface area (Å²) in [5.74, 6) is 3.69. The predicted octanol–water partition coefficient (Wildman–Crippen LogP) is 10.0. The van der Waals surface area contributed by atoms with Crippen LogP contribution in [-0.2, 0) is 0 Å². The van der Waals surface area contributed by atoms with E-state index in [0.29, 0.717) is 0 Å². The van der Waals surface area contributed by atoms with E-state index in [1.165, 1.54) is 133 Å². The van der Waals surface area contributed by atoms with Crippen LogP contribution in [0.2, 0.25) is 0 Å². The third-order valence-electron chi connectivity index (χ3n) is 5.90. The molecule has 0 aromatic rings. The highest BCUT2D eigenvalue weighted by molar-refractivity contribution is 8.51. The molecule has 2 heteroatoms. The summed E-state index contributed by atoms with van der Waals surface area (Å²) in [4.78, 5) is 0. The first-order valence-electron chi connectivity index (χ1n) is 12.1. The number of unbranched alkanes of at least 4 members (excludes halogenated alkanes) is 17. The van der Waals surface area contributed by atoms with Crippen molar-refractivity contribution in [1.82, 2.24) is 0 Å². The molecule has 0 aliphatic rings. The average molecular weight is 407 g/mol. The Kier molecular flexibility index (Phi) is 20.9. The van der Waals surface area contributed by atoms with Gasteiger partial charge in [0.15, 0.2) is 0 Å². The first-order valence-corrected chi connectivity index (χ1v) is 15.1. The molecule has 0 amide bonds. The lowest BCUT2D eigenvalue weighted by Crippen LogP contribution is -2.03. The number of hydrogen-bond acceptors (Lipinski definition) is 0. The highest BCUT2D eigenvalue weighted by Gasteiger charge is 2.14. The van der Waals surface area contributed by atoms with Gasteiger partial charge in [-0.1, -0.05) is 141 Å². The molecule has 0 aromatic carbocycles. The molecule has 0 nitrogen and oxygen atoms in total. The topological polar surface area (TPSA) is 0 Å². The van der Waals surface area contributed by atoms with Crippen molar-refractivity contribution in [2.75, 3.05) is 17.3 Å². The van der Waals surface area contributed by atoms with Gasteiger partial charge in [-0.3, -0.25) is 0 Å². The zero-order valence-electron chi connectivity index (χ0n) is 18.6. The Morgan fingerprint density at radius 3 is 0.962 bits per heavy atom. The number of halogens is 1.